The third-order valence-corrected chi connectivity index (χ3v) is 3.94. The van der Waals surface area contributed by atoms with Crippen LogP contribution in [0.15, 0.2) is 18.2 Å². The summed E-state index contributed by atoms with van der Waals surface area (Å²) in [5.41, 5.74) is 0.689. The summed E-state index contributed by atoms with van der Waals surface area (Å²) < 4.78 is 18.5. The number of nitrogens with zero attached hydrogens (tertiary/aromatic N) is 1. The number of benzene rings is 1. The van der Waals surface area contributed by atoms with Gasteiger partial charge in [0.2, 0.25) is 5.91 Å². The fraction of sp³-hybridized carbons (Fsp3) is 0.562. The summed E-state index contributed by atoms with van der Waals surface area (Å²) in [5, 5.41) is 3.17. The van der Waals surface area contributed by atoms with Gasteiger partial charge in [0.25, 0.3) is 0 Å². The second-order valence-electron chi connectivity index (χ2n) is 5.55. The lowest BCUT2D eigenvalue weighted by Gasteiger charge is -2.32. The van der Waals surface area contributed by atoms with Crippen LogP contribution in [-0.2, 0) is 11.2 Å². The van der Waals surface area contributed by atoms with E-state index in [0.717, 1.165) is 32.5 Å². The number of nitrogens with one attached hydrogen (secondary N) is 1. The van der Waals surface area contributed by atoms with E-state index in [-0.39, 0.29) is 30.5 Å². The first-order valence-electron chi connectivity index (χ1n) is 7.38. The van der Waals surface area contributed by atoms with Crippen molar-refractivity contribution in [2.24, 2.45) is 5.92 Å². The van der Waals surface area contributed by atoms with Gasteiger partial charge in [0.1, 0.15) is 0 Å². The van der Waals surface area contributed by atoms with Crippen molar-refractivity contribution in [1.82, 2.24) is 10.2 Å². The summed E-state index contributed by atoms with van der Waals surface area (Å²) in [5.74, 6) is 0.369. The van der Waals surface area contributed by atoms with Crippen LogP contribution in [0.2, 0.25) is 0 Å². The summed E-state index contributed by atoms with van der Waals surface area (Å²) in [6.45, 7) is 2.52. The van der Waals surface area contributed by atoms with E-state index in [0.29, 0.717) is 11.5 Å². The normalized spacial score (nSPS) is 17.8. The van der Waals surface area contributed by atoms with Crippen LogP contribution in [-0.4, -0.2) is 44.6 Å². The molecule has 1 fully saturated rings. The van der Waals surface area contributed by atoms with E-state index in [2.05, 4.69) is 5.32 Å². The Morgan fingerprint density at radius 1 is 1.50 bits per heavy atom. The Bertz CT molecular complexity index is 497. The lowest BCUT2D eigenvalue weighted by Crippen LogP contribution is -2.43. The van der Waals surface area contributed by atoms with E-state index in [1.54, 1.807) is 12.1 Å². The van der Waals surface area contributed by atoms with E-state index in [4.69, 9.17) is 4.74 Å². The zero-order valence-electron chi connectivity index (χ0n) is 13.1. The van der Waals surface area contributed by atoms with Gasteiger partial charge in [0.15, 0.2) is 11.6 Å². The number of hydrogen-bond acceptors (Lipinski definition) is 3. The quantitative estimate of drug-likeness (QED) is 0.900. The van der Waals surface area contributed by atoms with Crippen molar-refractivity contribution < 1.29 is 13.9 Å². The molecule has 1 aliphatic rings. The van der Waals surface area contributed by atoms with Crippen molar-refractivity contribution in [1.29, 1.82) is 0 Å². The maximum absolute atomic E-state index is 13.6. The Morgan fingerprint density at radius 3 is 2.91 bits per heavy atom. The molecule has 0 radical (unpaired) electrons. The first kappa shape index (κ1) is 18.7. The number of halogens is 2. The molecule has 0 aromatic heterocycles. The van der Waals surface area contributed by atoms with Crippen LogP contribution in [0.3, 0.4) is 0 Å². The molecule has 2 rings (SSSR count). The van der Waals surface area contributed by atoms with Gasteiger partial charge in [0.05, 0.1) is 13.5 Å². The molecule has 0 spiro atoms. The summed E-state index contributed by atoms with van der Waals surface area (Å²) in [6, 6.07) is 4.69. The first-order chi connectivity index (χ1) is 10.1. The zero-order valence-corrected chi connectivity index (χ0v) is 13.9. The highest BCUT2D eigenvalue weighted by atomic mass is 35.5. The number of carbonyl (C=O) groups is 1. The number of hydrogen-bond donors (Lipinski definition) is 1. The van der Waals surface area contributed by atoms with Crippen LogP contribution in [0, 0.1) is 11.7 Å². The summed E-state index contributed by atoms with van der Waals surface area (Å²) in [4.78, 5) is 14.2. The number of rotatable bonds is 5. The zero-order chi connectivity index (χ0) is 15.2. The second-order valence-corrected chi connectivity index (χ2v) is 5.55. The smallest absolute Gasteiger partial charge is 0.227 e. The lowest BCUT2D eigenvalue weighted by atomic mass is 9.97. The van der Waals surface area contributed by atoms with Crippen molar-refractivity contribution in [3.8, 4) is 5.75 Å². The second kappa shape index (κ2) is 8.96. The van der Waals surface area contributed by atoms with Gasteiger partial charge in [0, 0.05) is 13.1 Å². The van der Waals surface area contributed by atoms with Crippen LogP contribution in [0.4, 0.5) is 4.39 Å². The minimum absolute atomic E-state index is 0. The summed E-state index contributed by atoms with van der Waals surface area (Å²) in [6.07, 6.45) is 2.43. The molecule has 0 bridgehead atoms. The highest BCUT2D eigenvalue weighted by Crippen LogP contribution is 2.20. The topological polar surface area (TPSA) is 41.6 Å². The van der Waals surface area contributed by atoms with Crippen LogP contribution >= 0.6 is 12.4 Å². The van der Waals surface area contributed by atoms with Gasteiger partial charge in [-0.1, -0.05) is 6.07 Å². The molecule has 4 nitrogen and oxygen atoms in total. The molecule has 22 heavy (non-hydrogen) atoms. The maximum Gasteiger partial charge on any atom is 0.227 e. The number of piperidine rings is 1. The van der Waals surface area contributed by atoms with E-state index in [1.807, 2.05) is 11.9 Å². The van der Waals surface area contributed by atoms with Crippen molar-refractivity contribution in [2.45, 2.75) is 19.3 Å². The number of carbonyl (C=O) groups excluding carboxylic acids is 1. The van der Waals surface area contributed by atoms with Crippen LogP contribution < -0.4 is 10.1 Å². The summed E-state index contributed by atoms with van der Waals surface area (Å²) >= 11 is 0. The average Bonchev–Trinajstić information content (AvgIpc) is 2.48. The van der Waals surface area contributed by atoms with Crippen molar-refractivity contribution in [2.75, 3.05) is 33.8 Å². The Balaban J connectivity index is 0.00000242. The Kier molecular flexibility index (Phi) is 7.62. The molecular formula is C16H24ClFN2O2. The molecule has 1 atom stereocenters. The van der Waals surface area contributed by atoms with Crippen LogP contribution in [0.5, 0.6) is 5.75 Å². The molecule has 1 amide bonds. The number of methoxy groups -OCH3 is 1. The minimum Gasteiger partial charge on any atom is -0.494 e. The molecule has 0 aliphatic carbocycles. The van der Waals surface area contributed by atoms with Crippen LogP contribution in [0.1, 0.15) is 18.4 Å². The van der Waals surface area contributed by atoms with Gasteiger partial charge < -0.3 is 15.0 Å². The van der Waals surface area contributed by atoms with E-state index < -0.39 is 5.82 Å². The lowest BCUT2D eigenvalue weighted by molar-refractivity contribution is -0.132. The third-order valence-electron chi connectivity index (χ3n) is 3.94. The molecule has 1 aromatic rings. The molecule has 1 aromatic carbocycles. The molecule has 1 N–H and O–H groups in total. The van der Waals surface area contributed by atoms with E-state index >= 15 is 0 Å². The molecule has 1 saturated heterocycles. The number of likely N-dealkylation sites (tertiary alicyclic amines) is 1. The largest absolute Gasteiger partial charge is 0.494 e. The van der Waals surface area contributed by atoms with Crippen molar-refractivity contribution >= 4 is 18.3 Å². The Hall–Kier alpha value is -1.33. The molecular weight excluding hydrogens is 307 g/mol. The predicted octanol–water partition coefficient (Wildman–Crippen LogP) is 2.26. The Labute approximate surface area is 137 Å². The van der Waals surface area contributed by atoms with Crippen LogP contribution in [0.25, 0.3) is 0 Å². The molecule has 1 aliphatic heterocycles. The fourth-order valence-corrected chi connectivity index (χ4v) is 2.85. The van der Waals surface area contributed by atoms with Crippen molar-refractivity contribution in [3.05, 3.63) is 29.6 Å². The molecule has 1 heterocycles. The maximum atomic E-state index is 13.6. The summed E-state index contributed by atoms with van der Waals surface area (Å²) in [7, 11) is 3.36. The highest BCUT2D eigenvalue weighted by Gasteiger charge is 2.23. The van der Waals surface area contributed by atoms with Gasteiger partial charge >= 0.3 is 0 Å². The fourth-order valence-electron chi connectivity index (χ4n) is 2.85. The van der Waals surface area contributed by atoms with Gasteiger partial charge in [-0.25, -0.2) is 4.39 Å². The predicted molar refractivity (Wildman–Crippen MR) is 87.1 cm³/mol. The Morgan fingerprint density at radius 2 is 2.27 bits per heavy atom. The van der Waals surface area contributed by atoms with Gasteiger partial charge in [-0.05, 0) is 50.0 Å². The highest BCUT2D eigenvalue weighted by molar-refractivity contribution is 5.85. The standard InChI is InChI=1S/C16H23FN2O2.ClH/c1-18-10-13-4-3-7-19(11-13)16(20)9-12-5-6-15(21-2)14(17)8-12;/h5-6,8,13,18H,3-4,7,9-11H2,1-2H3;1H. The monoisotopic (exact) mass is 330 g/mol. The number of amides is 1. The first-order valence-corrected chi connectivity index (χ1v) is 7.38. The van der Waals surface area contributed by atoms with Gasteiger partial charge in [-0.15, -0.1) is 12.4 Å². The third kappa shape index (κ3) is 4.85. The van der Waals surface area contributed by atoms with E-state index in [9.17, 15) is 9.18 Å². The minimum atomic E-state index is -0.422. The van der Waals surface area contributed by atoms with Crippen molar-refractivity contribution in [3.63, 3.8) is 0 Å². The molecule has 124 valence electrons. The number of ether oxygens (including phenoxy) is 1. The molecule has 6 heteroatoms. The van der Waals surface area contributed by atoms with E-state index in [1.165, 1.54) is 13.2 Å². The molecule has 0 saturated carbocycles. The SMILES string of the molecule is CNCC1CCCN(C(=O)Cc2ccc(OC)c(F)c2)C1.Cl. The van der Waals surface area contributed by atoms with Gasteiger partial charge in [-0.3, -0.25) is 4.79 Å². The average molecular weight is 331 g/mol. The molecule has 1 unspecified atom stereocenters. The van der Waals surface area contributed by atoms with Gasteiger partial charge in [-0.2, -0.15) is 0 Å².